The van der Waals surface area contributed by atoms with Crippen LogP contribution in [0.1, 0.15) is 12.6 Å². The van der Waals surface area contributed by atoms with E-state index in [1.807, 2.05) is 20.0 Å². The normalized spacial score (nSPS) is 12.6. The van der Waals surface area contributed by atoms with Crippen molar-refractivity contribution in [3.8, 4) is 0 Å². The number of hydrogen-bond donors (Lipinski definition) is 1. The molecule has 78 valence electrons. The maximum Gasteiger partial charge on any atom is 0.229 e. The van der Waals surface area contributed by atoms with Gasteiger partial charge in [-0.25, -0.2) is 0 Å². The predicted octanol–water partition coefficient (Wildman–Crippen LogP) is 1.54. The first-order valence-electron chi connectivity index (χ1n) is 4.42. The zero-order chi connectivity index (χ0) is 10.7. The molecule has 0 bridgehead atoms. The molecule has 1 amide bonds. The van der Waals surface area contributed by atoms with E-state index in [1.54, 1.807) is 11.6 Å². The highest BCUT2D eigenvalue weighted by Crippen LogP contribution is 2.09. The molecule has 0 aromatic carbocycles. The Morgan fingerprint density at radius 2 is 2.43 bits per heavy atom. The van der Waals surface area contributed by atoms with E-state index in [4.69, 9.17) is 11.6 Å². The number of aryl methyl sites for hydroxylation is 2. The number of alkyl halides is 1. The van der Waals surface area contributed by atoms with E-state index in [1.165, 1.54) is 0 Å². The fourth-order valence-corrected chi connectivity index (χ4v) is 1.08. The van der Waals surface area contributed by atoms with Gasteiger partial charge in [-0.3, -0.25) is 9.48 Å². The fraction of sp³-hybridized carbons (Fsp3) is 0.556. The Balaban J connectivity index is 2.65. The number of aromatic nitrogens is 2. The first-order valence-corrected chi connectivity index (χ1v) is 4.95. The van der Waals surface area contributed by atoms with Gasteiger partial charge in [-0.15, -0.1) is 11.6 Å². The molecule has 1 atom stereocenters. The van der Waals surface area contributed by atoms with E-state index in [9.17, 15) is 4.79 Å². The third-order valence-electron chi connectivity index (χ3n) is 2.04. The molecular weight excluding hydrogens is 202 g/mol. The minimum atomic E-state index is -0.195. The lowest BCUT2D eigenvalue weighted by atomic mass is 10.2. The Morgan fingerprint density at radius 3 is 2.86 bits per heavy atom. The second kappa shape index (κ2) is 4.46. The molecule has 0 fully saturated rings. The fourth-order valence-electron chi connectivity index (χ4n) is 0.941. The average molecular weight is 216 g/mol. The molecule has 1 rings (SSSR count). The molecule has 1 aromatic rings. The molecular formula is C9H14ClN3O. The molecule has 5 heteroatoms. The van der Waals surface area contributed by atoms with Crippen LogP contribution >= 0.6 is 11.6 Å². The molecule has 1 N–H and O–H groups in total. The van der Waals surface area contributed by atoms with E-state index < -0.39 is 0 Å². The summed E-state index contributed by atoms with van der Waals surface area (Å²) >= 11 is 5.56. The van der Waals surface area contributed by atoms with Crippen LogP contribution in [0.4, 0.5) is 5.82 Å². The highest BCUT2D eigenvalue weighted by molar-refractivity contribution is 6.19. The van der Waals surface area contributed by atoms with E-state index in [0.717, 1.165) is 5.69 Å². The topological polar surface area (TPSA) is 46.9 Å². The Kier molecular flexibility index (Phi) is 3.52. The quantitative estimate of drug-likeness (QED) is 0.778. The minimum Gasteiger partial charge on any atom is -0.309 e. The van der Waals surface area contributed by atoms with Crippen molar-refractivity contribution in [2.75, 3.05) is 11.2 Å². The lowest BCUT2D eigenvalue weighted by Gasteiger charge is -2.05. The maximum absolute atomic E-state index is 11.4. The second-order valence-corrected chi connectivity index (χ2v) is 3.65. The van der Waals surface area contributed by atoms with Crippen LogP contribution in [-0.2, 0) is 11.8 Å². The number of rotatable bonds is 3. The van der Waals surface area contributed by atoms with Crippen LogP contribution in [0.25, 0.3) is 0 Å². The Morgan fingerprint density at radius 1 is 1.79 bits per heavy atom. The van der Waals surface area contributed by atoms with Gasteiger partial charge in [0.05, 0.1) is 0 Å². The summed E-state index contributed by atoms with van der Waals surface area (Å²) in [4.78, 5) is 11.4. The van der Waals surface area contributed by atoms with Gasteiger partial charge in [0.25, 0.3) is 0 Å². The number of carbonyl (C=O) groups is 1. The number of nitrogens with zero attached hydrogens (tertiary/aromatic N) is 2. The molecule has 0 spiro atoms. The summed E-state index contributed by atoms with van der Waals surface area (Å²) in [7, 11) is 1.83. The van der Waals surface area contributed by atoms with Gasteiger partial charge >= 0.3 is 0 Å². The number of nitrogens with one attached hydrogen (secondary N) is 1. The van der Waals surface area contributed by atoms with Crippen molar-refractivity contribution in [2.45, 2.75) is 13.8 Å². The Hall–Kier alpha value is -1.03. The lowest BCUT2D eigenvalue weighted by Crippen LogP contribution is -2.21. The second-order valence-electron chi connectivity index (χ2n) is 3.34. The van der Waals surface area contributed by atoms with Crippen LogP contribution < -0.4 is 5.32 Å². The molecule has 0 aliphatic heterocycles. The van der Waals surface area contributed by atoms with Crippen LogP contribution in [0.5, 0.6) is 0 Å². The number of amides is 1. The van der Waals surface area contributed by atoms with Gasteiger partial charge < -0.3 is 5.32 Å². The third kappa shape index (κ3) is 2.48. The van der Waals surface area contributed by atoms with E-state index in [2.05, 4.69) is 10.4 Å². The molecule has 0 radical (unpaired) electrons. The van der Waals surface area contributed by atoms with E-state index >= 15 is 0 Å². The molecule has 0 aliphatic carbocycles. The summed E-state index contributed by atoms with van der Waals surface area (Å²) < 4.78 is 1.71. The highest BCUT2D eigenvalue weighted by Gasteiger charge is 2.12. The monoisotopic (exact) mass is 215 g/mol. The zero-order valence-electron chi connectivity index (χ0n) is 8.54. The minimum absolute atomic E-state index is 0.0990. The molecule has 1 heterocycles. The molecule has 1 unspecified atom stereocenters. The Bertz CT molecular complexity index is 315. The highest BCUT2D eigenvalue weighted by atomic mass is 35.5. The third-order valence-corrected chi connectivity index (χ3v) is 2.51. The van der Waals surface area contributed by atoms with Gasteiger partial charge in [-0.2, -0.15) is 5.10 Å². The average Bonchev–Trinajstić information content (AvgIpc) is 2.44. The smallest absolute Gasteiger partial charge is 0.229 e. The van der Waals surface area contributed by atoms with Crippen LogP contribution in [-0.4, -0.2) is 21.6 Å². The molecule has 1 aromatic heterocycles. The first-order chi connectivity index (χ1) is 6.54. The van der Waals surface area contributed by atoms with Crippen molar-refractivity contribution < 1.29 is 4.79 Å². The van der Waals surface area contributed by atoms with Gasteiger partial charge in [-0.05, 0) is 6.92 Å². The SMILES string of the molecule is Cc1cc(NC(=O)C(C)CCl)nn1C. The van der Waals surface area contributed by atoms with Crippen molar-refractivity contribution >= 4 is 23.3 Å². The predicted molar refractivity (Wildman–Crippen MR) is 56.5 cm³/mol. The van der Waals surface area contributed by atoms with Crippen molar-refractivity contribution in [1.82, 2.24) is 9.78 Å². The van der Waals surface area contributed by atoms with Gasteiger partial charge in [0, 0.05) is 30.6 Å². The largest absolute Gasteiger partial charge is 0.309 e. The van der Waals surface area contributed by atoms with Crippen molar-refractivity contribution in [3.05, 3.63) is 11.8 Å². The molecule has 0 saturated heterocycles. The van der Waals surface area contributed by atoms with Crippen molar-refractivity contribution in [3.63, 3.8) is 0 Å². The number of carbonyl (C=O) groups excluding carboxylic acids is 1. The standard InChI is InChI=1S/C9H14ClN3O/c1-6(5-10)9(14)11-8-4-7(2)13(3)12-8/h4,6H,5H2,1-3H3,(H,11,12,14). The summed E-state index contributed by atoms with van der Waals surface area (Å²) in [5.74, 6) is 0.599. The van der Waals surface area contributed by atoms with E-state index in [0.29, 0.717) is 11.7 Å². The van der Waals surface area contributed by atoms with Gasteiger partial charge in [0.1, 0.15) is 0 Å². The molecule has 14 heavy (non-hydrogen) atoms. The number of halogens is 1. The summed E-state index contributed by atoms with van der Waals surface area (Å²) in [6.07, 6.45) is 0. The summed E-state index contributed by atoms with van der Waals surface area (Å²) in [6, 6.07) is 1.82. The zero-order valence-corrected chi connectivity index (χ0v) is 9.30. The van der Waals surface area contributed by atoms with Crippen molar-refractivity contribution in [2.24, 2.45) is 13.0 Å². The molecule has 4 nitrogen and oxygen atoms in total. The van der Waals surface area contributed by atoms with Crippen LogP contribution in [0.2, 0.25) is 0 Å². The maximum atomic E-state index is 11.4. The molecule has 0 aliphatic rings. The van der Waals surface area contributed by atoms with Crippen LogP contribution in [0.15, 0.2) is 6.07 Å². The first kappa shape index (κ1) is 11.0. The van der Waals surface area contributed by atoms with Gasteiger partial charge in [-0.1, -0.05) is 6.92 Å². The van der Waals surface area contributed by atoms with Gasteiger partial charge in [0.2, 0.25) is 5.91 Å². The van der Waals surface area contributed by atoms with E-state index in [-0.39, 0.29) is 11.8 Å². The lowest BCUT2D eigenvalue weighted by molar-refractivity contribution is -0.118. The summed E-state index contributed by atoms with van der Waals surface area (Å²) in [6.45, 7) is 3.70. The van der Waals surface area contributed by atoms with Crippen LogP contribution in [0.3, 0.4) is 0 Å². The van der Waals surface area contributed by atoms with Crippen LogP contribution in [0, 0.1) is 12.8 Å². The van der Waals surface area contributed by atoms with Crippen molar-refractivity contribution in [1.29, 1.82) is 0 Å². The Labute approximate surface area is 88.2 Å². The molecule has 0 saturated carbocycles. The number of anilines is 1. The summed E-state index contributed by atoms with van der Waals surface area (Å²) in [5, 5.41) is 6.81. The summed E-state index contributed by atoms with van der Waals surface area (Å²) in [5.41, 5.74) is 0.999. The van der Waals surface area contributed by atoms with Gasteiger partial charge in [0.15, 0.2) is 5.82 Å². The number of hydrogen-bond acceptors (Lipinski definition) is 2.